The van der Waals surface area contributed by atoms with E-state index in [1.165, 1.54) is 12.1 Å². The van der Waals surface area contributed by atoms with Crippen molar-refractivity contribution in [3.63, 3.8) is 0 Å². The molecule has 0 spiro atoms. The normalized spacial score (nSPS) is 20.1. The maximum absolute atomic E-state index is 12.8. The highest BCUT2D eigenvalue weighted by Crippen LogP contribution is 2.33. The molecule has 5 heteroatoms. The van der Waals surface area contributed by atoms with E-state index in [9.17, 15) is 13.2 Å². The summed E-state index contributed by atoms with van der Waals surface area (Å²) in [5, 5.41) is 3.46. The lowest BCUT2D eigenvalue weighted by Crippen LogP contribution is -2.39. The molecule has 0 bridgehead atoms. The van der Waals surface area contributed by atoms with Crippen LogP contribution in [0.25, 0.3) is 0 Å². The molecule has 0 radical (unpaired) electrons. The Hall–Kier alpha value is -1.23. The molecule has 0 amide bonds. The molecule has 1 unspecified atom stereocenters. The van der Waals surface area contributed by atoms with Gasteiger partial charge in [0.25, 0.3) is 0 Å². The van der Waals surface area contributed by atoms with Gasteiger partial charge in [-0.2, -0.15) is 13.2 Å². The molecule has 118 valence electrons. The molecule has 1 aromatic carbocycles. The van der Waals surface area contributed by atoms with Crippen molar-refractivity contribution in [2.24, 2.45) is 5.92 Å². The van der Waals surface area contributed by atoms with E-state index in [0.29, 0.717) is 11.6 Å². The molecule has 1 N–H and O–H groups in total. The molecule has 2 nitrogen and oxygen atoms in total. The van der Waals surface area contributed by atoms with Crippen molar-refractivity contribution in [1.29, 1.82) is 0 Å². The van der Waals surface area contributed by atoms with Gasteiger partial charge < -0.3 is 10.2 Å². The largest absolute Gasteiger partial charge is 0.416 e. The van der Waals surface area contributed by atoms with E-state index in [-0.39, 0.29) is 5.54 Å². The zero-order chi connectivity index (χ0) is 15.7. The van der Waals surface area contributed by atoms with Crippen LogP contribution in [-0.4, -0.2) is 25.2 Å². The Morgan fingerprint density at radius 3 is 2.57 bits per heavy atom. The van der Waals surface area contributed by atoms with Crippen LogP contribution in [0.1, 0.15) is 32.8 Å². The molecule has 1 atom stereocenters. The van der Waals surface area contributed by atoms with E-state index >= 15 is 0 Å². The Bertz CT molecular complexity index is 477. The number of rotatable bonds is 3. The number of hydrogen-bond donors (Lipinski definition) is 1. The van der Waals surface area contributed by atoms with E-state index in [2.05, 4.69) is 26.1 Å². The van der Waals surface area contributed by atoms with Crippen LogP contribution in [-0.2, 0) is 6.18 Å². The highest BCUT2D eigenvalue weighted by molar-refractivity contribution is 5.50. The van der Waals surface area contributed by atoms with Crippen molar-refractivity contribution in [1.82, 2.24) is 5.32 Å². The fourth-order valence-corrected chi connectivity index (χ4v) is 2.56. The van der Waals surface area contributed by atoms with Crippen molar-refractivity contribution < 1.29 is 13.2 Å². The molecule has 1 saturated heterocycles. The van der Waals surface area contributed by atoms with Crippen LogP contribution >= 0.6 is 0 Å². The van der Waals surface area contributed by atoms with Gasteiger partial charge in [0.15, 0.2) is 0 Å². The Morgan fingerprint density at radius 2 is 1.95 bits per heavy atom. The minimum absolute atomic E-state index is 0.0730. The summed E-state index contributed by atoms with van der Waals surface area (Å²) in [7, 11) is 0. The highest BCUT2D eigenvalue weighted by atomic mass is 19.4. The van der Waals surface area contributed by atoms with E-state index in [4.69, 9.17) is 0 Å². The van der Waals surface area contributed by atoms with E-state index in [1.54, 1.807) is 6.07 Å². The number of anilines is 1. The third-order valence-corrected chi connectivity index (χ3v) is 3.75. The lowest BCUT2D eigenvalue weighted by Gasteiger charge is -2.24. The topological polar surface area (TPSA) is 15.3 Å². The molecule has 1 aromatic rings. The zero-order valence-electron chi connectivity index (χ0n) is 12.8. The molecular weight excluding hydrogens is 277 g/mol. The SMILES string of the molecule is CC(C)(C)NCC1CCN(c2cccc(C(F)(F)F)c2)C1. The summed E-state index contributed by atoms with van der Waals surface area (Å²) in [6, 6.07) is 5.62. The standard InChI is InChI=1S/C16H23F3N2/c1-15(2,3)20-10-12-7-8-21(11-12)14-6-4-5-13(9-14)16(17,18)19/h4-6,9,12,20H,7-8,10-11H2,1-3H3. The van der Waals surface area contributed by atoms with Crippen LogP contribution in [0.4, 0.5) is 18.9 Å². The van der Waals surface area contributed by atoms with Gasteiger partial charge in [0.05, 0.1) is 5.56 Å². The monoisotopic (exact) mass is 300 g/mol. The highest BCUT2D eigenvalue weighted by Gasteiger charge is 2.31. The minimum atomic E-state index is -4.27. The lowest BCUT2D eigenvalue weighted by atomic mass is 10.1. The van der Waals surface area contributed by atoms with Gasteiger partial charge in [-0.15, -0.1) is 0 Å². The molecule has 0 aromatic heterocycles. The summed E-state index contributed by atoms with van der Waals surface area (Å²) in [4.78, 5) is 2.05. The van der Waals surface area contributed by atoms with E-state index in [0.717, 1.165) is 32.1 Å². The number of hydrogen-bond acceptors (Lipinski definition) is 2. The maximum Gasteiger partial charge on any atom is 0.416 e. The molecular formula is C16H23F3N2. The number of alkyl halides is 3. The fraction of sp³-hybridized carbons (Fsp3) is 0.625. The number of benzene rings is 1. The molecule has 21 heavy (non-hydrogen) atoms. The smallest absolute Gasteiger partial charge is 0.371 e. The lowest BCUT2D eigenvalue weighted by molar-refractivity contribution is -0.137. The van der Waals surface area contributed by atoms with Gasteiger partial charge in [0.1, 0.15) is 0 Å². The summed E-state index contributed by atoms with van der Waals surface area (Å²) >= 11 is 0. The van der Waals surface area contributed by atoms with E-state index in [1.807, 2.05) is 4.90 Å². The number of nitrogens with zero attached hydrogens (tertiary/aromatic N) is 1. The first-order valence-corrected chi connectivity index (χ1v) is 7.32. The second kappa shape index (κ2) is 5.87. The van der Waals surface area contributed by atoms with Crippen LogP contribution < -0.4 is 10.2 Å². The summed E-state index contributed by atoms with van der Waals surface area (Å²) in [6.07, 6.45) is -3.26. The third kappa shape index (κ3) is 4.63. The predicted octanol–water partition coefficient (Wildman–Crippen LogP) is 3.92. The second-order valence-electron chi connectivity index (χ2n) is 6.78. The maximum atomic E-state index is 12.8. The molecule has 2 rings (SSSR count). The Labute approximate surface area is 124 Å². The van der Waals surface area contributed by atoms with Crippen LogP contribution in [0, 0.1) is 5.92 Å². The molecule has 0 saturated carbocycles. The second-order valence-corrected chi connectivity index (χ2v) is 6.78. The van der Waals surface area contributed by atoms with Gasteiger partial charge in [0, 0.05) is 30.9 Å². The van der Waals surface area contributed by atoms with Crippen molar-refractivity contribution in [2.45, 2.75) is 38.9 Å². The molecule has 1 heterocycles. The summed E-state index contributed by atoms with van der Waals surface area (Å²) < 4.78 is 38.3. The van der Waals surface area contributed by atoms with Gasteiger partial charge in [-0.25, -0.2) is 0 Å². The molecule has 0 aliphatic carbocycles. The van der Waals surface area contributed by atoms with Gasteiger partial charge in [0.2, 0.25) is 0 Å². The minimum Gasteiger partial charge on any atom is -0.371 e. The summed E-state index contributed by atoms with van der Waals surface area (Å²) in [5.74, 6) is 0.485. The van der Waals surface area contributed by atoms with Gasteiger partial charge in [-0.05, 0) is 51.3 Å². The quantitative estimate of drug-likeness (QED) is 0.910. The van der Waals surface area contributed by atoms with Crippen LogP contribution in [0.5, 0.6) is 0 Å². The Kier molecular flexibility index (Phi) is 4.51. The van der Waals surface area contributed by atoms with Crippen molar-refractivity contribution in [3.05, 3.63) is 29.8 Å². The van der Waals surface area contributed by atoms with Crippen LogP contribution in [0.2, 0.25) is 0 Å². The average Bonchev–Trinajstić information content (AvgIpc) is 2.83. The number of halogens is 3. The fourth-order valence-electron chi connectivity index (χ4n) is 2.56. The van der Waals surface area contributed by atoms with Crippen LogP contribution in [0.3, 0.4) is 0 Å². The van der Waals surface area contributed by atoms with E-state index < -0.39 is 11.7 Å². The number of nitrogens with one attached hydrogen (secondary N) is 1. The van der Waals surface area contributed by atoms with Crippen molar-refractivity contribution >= 4 is 5.69 Å². The summed E-state index contributed by atoms with van der Waals surface area (Å²) in [6.45, 7) is 8.88. The van der Waals surface area contributed by atoms with Gasteiger partial charge in [-0.3, -0.25) is 0 Å². The first-order chi connectivity index (χ1) is 9.65. The Balaban J connectivity index is 1.98. The van der Waals surface area contributed by atoms with Crippen molar-refractivity contribution in [2.75, 3.05) is 24.5 Å². The first kappa shape index (κ1) is 16.1. The predicted molar refractivity (Wildman–Crippen MR) is 79.5 cm³/mol. The summed E-state index contributed by atoms with van der Waals surface area (Å²) in [5.41, 5.74) is 0.170. The van der Waals surface area contributed by atoms with Gasteiger partial charge in [-0.1, -0.05) is 6.07 Å². The third-order valence-electron chi connectivity index (χ3n) is 3.75. The van der Waals surface area contributed by atoms with Crippen molar-refractivity contribution in [3.8, 4) is 0 Å². The zero-order valence-corrected chi connectivity index (χ0v) is 12.8. The molecule has 1 aliphatic heterocycles. The Morgan fingerprint density at radius 1 is 1.24 bits per heavy atom. The van der Waals surface area contributed by atoms with Crippen LogP contribution in [0.15, 0.2) is 24.3 Å². The first-order valence-electron chi connectivity index (χ1n) is 7.32. The average molecular weight is 300 g/mol. The molecule has 1 aliphatic rings. The van der Waals surface area contributed by atoms with Gasteiger partial charge >= 0.3 is 6.18 Å². The molecule has 1 fully saturated rings.